The van der Waals surface area contributed by atoms with E-state index in [9.17, 15) is 0 Å². The van der Waals surface area contributed by atoms with Gasteiger partial charge in [-0.3, -0.25) is 0 Å². The molecule has 0 saturated heterocycles. The molecule has 0 amide bonds. The highest BCUT2D eigenvalue weighted by atomic mass is 14.8. The first-order valence-electron chi connectivity index (χ1n) is 5.73. The highest BCUT2D eigenvalue weighted by molar-refractivity contribution is 5.23. The first-order chi connectivity index (χ1) is 5.73. The van der Waals surface area contributed by atoms with E-state index in [0.717, 1.165) is 22.7 Å². The molecule has 0 radical (unpaired) electrons. The number of hydrogen-bond acceptors (Lipinski definition) is 0. The molecule has 3 aliphatic carbocycles. The van der Waals surface area contributed by atoms with E-state index in [1.807, 2.05) is 0 Å². The van der Waals surface area contributed by atoms with Crippen molar-refractivity contribution in [1.82, 2.24) is 0 Å². The van der Waals surface area contributed by atoms with Crippen LogP contribution < -0.4 is 0 Å². The largest absolute Gasteiger partial charge is 0.0654 e. The molecule has 2 unspecified atom stereocenters. The van der Waals surface area contributed by atoms with E-state index in [0.29, 0.717) is 0 Å². The molecule has 0 aromatic carbocycles. The van der Waals surface area contributed by atoms with Crippen LogP contribution in [0.4, 0.5) is 0 Å². The fourth-order valence-electron chi connectivity index (χ4n) is 5.22. The maximum atomic E-state index is 2.56. The second-order valence-corrected chi connectivity index (χ2v) is 5.73. The maximum absolute atomic E-state index is 2.56. The predicted octanol–water partition coefficient (Wildman–Crippen LogP) is 3.61. The van der Waals surface area contributed by atoms with Gasteiger partial charge in [-0.25, -0.2) is 0 Å². The summed E-state index contributed by atoms with van der Waals surface area (Å²) in [4.78, 5) is 0. The Hall–Kier alpha value is 0. The standard InChI is InChI=1S/C12H20/c1-3-6-12-9-4-5-10(12)8-11(12,2)7-9/h9-10H,3-8H2,1-2H3. The lowest BCUT2D eigenvalue weighted by Crippen LogP contribution is -2.65. The highest BCUT2D eigenvalue weighted by Crippen LogP contribution is 2.82. The molecule has 0 aromatic heterocycles. The van der Waals surface area contributed by atoms with Crippen LogP contribution in [0.5, 0.6) is 0 Å². The Morgan fingerprint density at radius 2 is 1.75 bits per heavy atom. The summed E-state index contributed by atoms with van der Waals surface area (Å²) in [6.07, 6.45) is 9.24. The molecule has 3 saturated carbocycles. The SMILES string of the molecule is CCCC12C3CCC1CC2(C)C3. The van der Waals surface area contributed by atoms with Gasteiger partial charge in [0.15, 0.2) is 0 Å². The summed E-state index contributed by atoms with van der Waals surface area (Å²) in [6.45, 7) is 4.92. The van der Waals surface area contributed by atoms with Crippen LogP contribution in [-0.4, -0.2) is 0 Å². The van der Waals surface area contributed by atoms with Crippen molar-refractivity contribution in [1.29, 1.82) is 0 Å². The van der Waals surface area contributed by atoms with E-state index in [1.165, 1.54) is 6.42 Å². The summed E-state index contributed by atoms with van der Waals surface area (Å²) in [7, 11) is 0. The van der Waals surface area contributed by atoms with Crippen LogP contribution in [0.2, 0.25) is 0 Å². The number of rotatable bonds is 2. The smallest absolute Gasteiger partial charge is 0.0187 e. The third kappa shape index (κ3) is 0.506. The van der Waals surface area contributed by atoms with Crippen molar-refractivity contribution < 1.29 is 0 Å². The van der Waals surface area contributed by atoms with Crippen LogP contribution in [-0.2, 0) is 0 Å². The average molecular weight is 164 g/mol. The van der Waals surface area contributed by atoms with Crippen LogP contribution >= 0.6 is 0 Å². The average Bonchev–Trinajstić information content (AvgIpc) is 2.24. The number of hydrogen-bond donors (Lipinski definition) is 0. The van der Waals surface area contributed by atoms with Crippen LogP contribution in [0, 0.1) is 22.7 Å². The predicted molar refractivity (Wildman–Crippen MR) is 50.9 cm³/mol. The summed E-state index contributed by atoms with van der Waals surface area (Å²) in [6, 6.07) is 0. The summed E-state index contributed by atoms with van der Waals surface area (Å²) < 4.78 is 0. The fraction of sp³-hybridized carbons (Fsp3) is 1.00. The van der Waals surface area contributed by atoms with Crippen LogP contribution in [0.25, 0.3) is 0 Å². The molecular formula is C12H20. The lowest BCUT2D eigenvalue weighted by molar-refractivity contribution is -0.241. The summed E-state index contributed by atoms with van der Waals surface area (Å²) >= 11 is 0. The van der Waals surface area contributed by atoms with Crippen molar-refractivity contribution in [2.24, 2.45) is 22.7 Å². The van der Waals surface area contributed by atoms with Crippen molar-refractivity contribution in [3.05, 3.63) is 0 Å². The molecule has 12 heavy (non-hydrogen) atoms. The second kappa shape index (κ2) is 1.91. The van der Waals surface area contributed by atoms with E-state index >= 15 is 0 Å². The topological polar surface area (TPSA) is 0 Å². The third-order valence-electron chi connectivity index (χ3n) is 5.50. The molecule has 3 aliphatic rings. The van der Waals surface area contributed by atoms with Gasteiger partial charge in [0.25, 0.3) is 0 Å². The minimum absolute atomic E-state index is 0.814. The highest BCUT2D eigenvalue weighted by Gasteiger charge is 2.74. The van der Waals surface area contributed by atoms with Crippen molar-refractivity contribution in [3.63, 3.8) is 0 Å². The van der Waals surface area contributed by atoms with Crippen molar-refractivity contribution in [2.75, 3.05) is 0 Å². The quantitative estimate of drug-likeness (QED) is 0.585. The van der Waals surface area contributed by atoms with E-state index in [2.05, 4.69) is 13.8 Å². The fourth-order valence-corrected chi connectivity index (χ4v) is 5.22. The molecule has 3 rings (SSSR count). The first kappa shape index (κ1) is 7.41. The van der Waals surface area contributed by atoms with E-state index in [-0.39, 0.29) is 0 Å². The summed E-state index contributed by atoms with van der Waals surface area (Å²) in [5.41, 5.74) is 1.69. The van der Waals surface area contributed by atoms with Gasteiger partial charge in [-0.2, -0.15) is 0 Å². The lowest BCUT2D eigenvalue weighted by Gasteiger charge is -2.73. The zero-order valence-electron chi connectivity index (χ0n) is 8.40. The van der Waals surface area contributed by atoms with Crippen molar-refractivity contribution >= 4 is 0 Å². The molecule has 68 valence electrons. The van der Waals surface area contributed by atoms with E-state index < -0.39 is 0 Å². The molecule has 0 nitrogen and oxygen atoms in total. The zero-order chi connectivity index (χ0) is 8.40. The lowest BCUT2D eigenvalue weighted by atomic mass is 9.32. The van der Waals surface area contributed by atoms with Gasteiger partial charge in [0.2, 0.25) is 0 Å². The van der Waals surface area contributed by atoms with Crippen molar-refractivity contribution in [3.8, 4) is 0 Å². The third-order valence-corrected chi connectivity index (χ3v) is 5.50. The maximum Gasteiger partial charge on any atom is -0.0187 e. The molecular weight excluding hydrogens is 144 g/mol. The summed E-state index contributed by atoms with van der Waals surface area (Å²) in [5, 5.41) is 0. The molecule has 0 heteroatoms. The molecule has 0 N–H and O–H groups in total. The minimum atomic E-state index is 0.814. The van der Waals surface area contributed by atoms with Gasteiger partial charge in [0.1, 0.15) is 0 Å². The molecule has 2 atom stereocenters. The Labute approximate surface area is 75.7 Å². The molecule has 0 aromatic rings. The van der Waals surface area contributed by atoms with Crippen LogP contribution in [0.15, 0.2) is 0 Å². The Balaban J connectivity index is 1.92. The molecule has 0 aliphatic heterocycles. The Kier molecular flexibility index (Phi) is 1.18. The second-order valence-electron chi connectivity index (χ2n) is 5.73. The molecule has 0 heterocycles. The molecule has 0 spiro atoms. The Morgan fingerprint density at radius 3 is 2.17 bits per heavy atom. The van der Waals surface area contributed by atoms with Gasteiger partial charge in [-0.1, -0.05) is 20.3 Å². The van der Waals surface area contributed by atoms with Gasteiger partial charge in [-0.05, 0) is 54.8 Å². The van der Waals surface area contributed by atoms with Gasteiger partial charge < -0.3 is 0 Å². The van der Waals surface area contributed by atoms with Gasteiger partial charge in [0.05, 0.1) is 0 Å². The van der Waals surface area contributed by atoms with Gasteiger partial charge in [0, 0.05) is 0 Å². The van der Waals surface area contributed by atoms with Crippen LogP contribution in [0.3, 0.4) is 0 Å². The zero-order valence-corrected chi connectivity index (χ0v) is 8.40. The van der Waals surface area contributed by atoms with Crippen molar-refractivity contribution in [2.45, 2.75) is 52.4 Å². The summed E-state index contributed by atoms with van der Waals surface area (Å²) in [5.74, 6) is 2.31. The normalized spacial score (nSPS) is 60.5. The Morgan fingerprint density at radius 1 is 1.17 bits per heavy atom. The van der Waals surface area contributed by atoms with Crippen LogP contribution in [0.1, 0.15) is 52.4 Å². The molecule has 0 bridgehead atoms. The van der Waals surface area contributed by atoms with E-state index in [1.54, 1.807) is 32.1 Å². The van der Waals surface area contributed by atoms with Gasteiger partial charge >= 0.3 is 0 Å². The van der Waals surface area contributed by atoms with Gasteiger partial charge in [-0.15, -0.1) is 0 Å². The van der Waals surface area contributed by atoms with E-state index in [4.69, 9.17) is 0 Å². The Bertz CT molecular complexity index is 202. The minimum Gasteiger partial charge on any atom is -0.0654 e. The first-order valence-corrected chi connectivity index (χ1v) is 5.73. The molecule has 3 fully saturated rings. The monoisotopic (exact) mass is 164 g/mol.